The van der Waals surface area contributed by atoms with Crippen molar-refractivity contribution in [1.82, 2.24) is 14.9 Å². The van der Waals surface area contributed by atoms with Gasteiger partial charge in [-0.25, -0.2) is 13.8 Å². The topological polar surface area (TPSA) is 46.9 Å². The summed E-state index contributed by atoms with van der Waals surface area (Å²) in [4.78, 5) is 17.0. The van der Waals surface area contributed by atoms with E-state index >= 15 is 0 Å². The molecule has 28 heavy (non-hydrogen) atoms. The average molecular weight is 377 g/mol. The van der Waals surface area contributed by atoms with Crippen LogP contribution in [0.25, 0.3) is 11.0 Å². The highest BCUT2D eigenvalue weighted by molar-refractivity contribution is 5.94. The smallest absolute Gasteiger partial charge is 0.254 e. The zero-order chi connectivity index (χ0) is 19.5. The first kappa shape index (κ1) is 17.9. The molecule has 4 rings (SSSR count). The fraction of sp³-hybridized carbons (Fsp3) is 0.0909. The molecule has 4 aromatic rings. The Balaban J connectivity index is 1.67. The van der Waals surface area contributed by atoms with Gasteiger partial charge in [-0.05, 0) is 42.0 Å². The fourth-order valence-corrected chi connectivity index (χ4v) is 3.16. The average Bonchev–Trinajstić information content (AvgIpc) is 3.11. The molecular formula is C22H17F2N3O. The zero-order valence-corrected chi connectivity index (χ0v) is 14.8. The van der Waals surface area contributed by atoms with Crippen molar-refractivity contribution in [2.75, 3.05) is 0 Å². The number of carbonyl (C=O) groups excluding carboxylic acids is 1. The number of rotatable bonds is 5. The monoisotopic (exact) mass is 377 g/mol. The van der Waals surface area contributed by atoms with Crippen LogP contribution < -0.4 is 5.32 Å². The number of nitrogens with one attached hydrogen (secondary N) is 1. The molecule has 1 atom stereocenters. The van der Waals surface area contributed by atoms with E-state index in [0.29, 0.717) is 12.1 Å². The molecule has 6 heteroatoms. The molecule has 0 bridgehead atoms. The van der Waals surface area contributed by atoms with E-state index in [0.717, 1.165) is 11.0 Å². The number of halogens is 2. The Morgan fingerprint density at radius 1 is 0.964 bits per heavy atom. The lowest BCUT2D eigenvalue weighted by Gasteiger charge is -2.20. The summed E-state index contributed by atoms with van der Waals surface area (Å²) in [6.45, 7) is 0.367. The Morgan fingerprint density at radius 2 is 1.68 bits per heavy atom. The molecule has 0 aliphatic carbocycles. The van der Waals surface area contributed by atoms with Crippen molar-refractivity contribution in [3.8, 4) is 0 Å². The van der Waals surface area contributed by atoms with Gasteiger partial charge in [0, 0.05) is 6.54 Å². The summed E-state index contributed by atoms with van der Waals surface area (Å²) in [5.74, 6) is -1.49. The highest BCUT2D eigenvalue weighted by Crippen LogP contribution is 2.21. The van der Waals surface area contributed by atoms with Crippen molar-refractivity contribution in [2.45, 2.75) is 12.6 Å². The molecule has 140 valence electrons. The van der Waals surface area contributed by atoms with Crippen LogP contribution in [-0.2, 0) is 6.54 Å². The van der Waals surface area contributed by atoms with E-state index in [4.69, 9.17) is 0 Å². The number of imidazole rings is 1. The van der Waals surface area contributed by atoms with Crippen LogP contribution in [0.4, 0.5) is 8.78 Å². The van der Waals surface area contributed by atoms with Gasteiger partial charge in [0.1, 0.15) is 11.6 Å². The second kappa shape index (κ2) is 7.60. The number of benzene rings is 3. The van der Waals surface area contributed by atoms with Crippen LogP contribution in [0.3, 0.4) is 0 Å². The Bertz CT molecular complexity index is 1120. The predicted molar refractivity (Wildman–Crippen MR) is 103 cm³/mol. The molecule has 0 spiro atoms. The van der Waals surface area contributed by atoms with Crippen LogP contribution in [0.5, 0.6) is 0 Å². The first-order valence-corrected chi connectivity index (χ1v) is 8.82. The lowest BCUT2D eigenvalue weighted by molar-refractivity contribution is 0.0929. The molecule has 0 aliphatic heterocycles. The van der Waals surface area contributed by atoms with E-state index in [2.05, 4.69) is 10.3 Å². The summed E-state index contributed by atoms with van der Waals surface area (Å²) in [5.41, 5.74) is 2.42. The van der Waals surface area contributed by atoms with E-state index in [1.165, 1.54) is 30.3 Å². The van der Waals surface area contributed by atoms with Crippen molar-refractivity contribution in [1.29, 1.82) is 0 Å². The van der Waals surface area contributed by atoms with Crippen molar-refractivity contribution in [3.63, 3.8) is 0 Å². The quantitative estimate of drug-likeness (QED) is 0.557. The molecule has 0 aliphatic rings. The number of aromatic nitrogens is 2. The first-order chi connectivity index (χ1) is 13.6. The van der Waals surface area contributed by atoms with Gasteiger partial charge in [0.05, 0.1) is 29.0 Å². The molecular weight excluding hydrogens is 360 g/mol. The second-order valence-electron chi connectivity index (χ2n) is 6.44. The van der Waals surface area contributed by atoms with E-state index in [1.807, 2.05) is 28.8 Å². The fourth-order valence-electron chi connectivity index (χ4n) is 3.16. The highest BCUT2D eigenvalue weighted by Gasteiger charge is 2.19. The third-order valence-corrected chi connectivity index (χ3v) is 4.60. The molecule has 3 aromatic carbocycles. The predicted octanol–water partition coefficient (Wildman–Crippen LogP) is 4.49. The van der Waals surface area contributed by atoms with Gasteiger partial charge < -0.3 is 9.88 Å². The molecule has 1 amide bonds. The largest absolute Gasteiger partial charge is 0.343 e. The van der Waals surface area contributed by atoms with Crippen LogP contribution >= 0.6 is 0 Å². The molecule has 0 saturated heterocycles. The van der Waals surface area contributed by atoms with E-state index in [9.17, 15) is 13.6 Å². The Kier molecular flexibility index (Phi) is 4.85. The summed E-state index contributed by atoms with van der Waals surface area (Å²) >= 11 is 0. The van der Waals surface area contributed by atoms with Gasteiger partial charge in [0.2, 0.25) is 0 Å². The van der Waals surface area contributed by atoms with Crippen LogP contribution in [0.15, 0.2) is 79.1 Å². The SMILES string of the molecule is O=C(NC(Cn1cnc2ccccc21)c1ccc(F)cc1)c1ccccc1F. The van der Waals surface area contributed by atoms with Gasteiger partial charge in [-0.15, -0.1) is 0 Å². The Labute approximate surface area is 160 Å². The van der Waals surface area contributed by atoms with Gasteiger partial charge >= 0.3 is 0 Å². The number of amides is 1. The minimum atomic E-state index is -0.592. The molecule has 0 fully saturated rings. The lowest BCUT2D eigenvalue weighted by Crippen LogP contribution is -2.32. The molecule has 1 aromatic heterocycles. The maximum atomic E-state index is 14.0. The van der Waals surface area contributed by atoms with Crippen LogP contribution in [0.1, 0.15) is 22.0 Å². The number of hydrogen-bond acceptors (Lipinski definition) is 2. The Hall–Kier alpha value is -3.54. The van der Waals surface area contributed by atoms with Gasteiger partial charge in [0.15, 0.2) is 0 Å². The van der Waals surface area contributed by atoms with Crippen LogP contribution in [-0.4, -0.2) is 15.5 Å². The third kappa shape index (κ3) is 3.62. The second-order valence-corrected chi connectivity index (χ2v) is 6.44. The van der Waals surface area contributed by atoms with E-state index < -0.39 is 17.8 Å². The van der Waals surface area contributed by atoms with Crippen molar-refractivity contribution in [3.05, 3.63) is 102 Å². The number of hydrogen-bond donors (Lipinski definition) is 1. The van der Waals surface area contributed by atoms with Crippen molar-refractivity contribution >= 4 is 16.9 Å². The maximum Gasteiger partial charge on any atom is 0.254 e. The summed E-state index contributed by atoms with van der Waals surface area (Å²) in [6, 6.07) is 18.8. The maximum absolute atomic E-state index is 14.0. The first-order valence-electron chi connectivity index (χ1n) is 8.82. The number of fused-ring (bicyclic) bond motifs is 1. The van der Waals surface area contributed by atoms with E-state index in [1.54, 1.807) is 24.5 Å². The Morgan fingerprint density at radius 3 is 2.46 bits per heavy atom. The zero-order valence-electron chi connectivity index (χ0n) is 14.8. The minimum absolute atomic E-state index is 0.0369. The number of nitrogens with zero attached hydrogens (tertiary/aromatic N) is 2. The number of carbonyl (C=O) groups is 1. The van der Waals surface area contributed by atoms with Crippen LogP contribution in [0, 0.1) is 11.6 Å². The van der Waals surface area contributed by atoms with Gasteiger partial charge in [-0.2, -0.15) is 0 Å². The standard InChI is InChI=1S/C22H17F2N3O/c23-16-11-9-15(10-12-16)20(26-22(28)17-5-1-2-6-18(17)24)13-27-14-25-19-7-3-4-8-21(19)27/h1-12,14,20H,13H2,(H,26,28). The third-order valence-electron chi connectivity index (χ3n) is 4.60. The summed E-state index contributed by atoms with van der Waals surface area (Å²) in [7, 11) is 0. The molecule has 1 N–H and O–H groups in total. The lowest BCUT2D eigenvalue weighted by atomic mass is 10.1. The molecule has 4 nitrogen and oxygen atoms in total. The molecule has 1 unspecified atom stereocenters. The van der Waals surface area contributed by atoms with Crippen molar-refractivity contribution < 1.29 is 13.6 Å². The summed E-state index contributed by atoms with van der Waals surface area (Å²) in [6.07, 6.45) is 1.69. The van der Waals surface area contributed by atoms with E-state index in [-0.39, 0.29) is 11.4 Å². The number of para-hydroxylation sites is 2. The van der Waals surface area contributed by atoms with Crippen LogP contribution in [0.2, 0.25) is 0 Å². The van der Waals surface area contributed by atoms with Gasteiger partial charge in [-0.1, -0.05) is 36.4 Å². The normalized spacial score (nSPS) is 12.1. The molecule has 0 radical (unpaired) electrons. The molecule has 1 heterocycles. The van der Waals surface area contributed by atoms with Crippen molar-refractivity contribution in [2.24, 2.45) is 0 Å². The van der Waals surface area contributed by atoms with Gasteiger partial charge in [0.25, 0.3) is 5.91 Å². The minimum Gasteiger partial charge on any atom is -0.343 e. The molecule has 0 saturated carbocycles. The summed E-state index contributed by atoms with van der Waals surface area (Å²) in [5, 5.41) is 2.86. The van der Waals surface area contributed by atoms with Gasteiger partial charge in [-0.3, -0.25) is 4.79 Å². The summed E-state index contributed by atoms with van der Waals surface area (Å²) < 4.78 is 29.3. The highest BCUT2D eigenvalue weighted by atomic mass is 19.1.